The van der Waals surface area contributed by atoms with Gasteiger partial charge in [0.25, 0.3) is 0 Å². The second-order valence-electron chi connectivity index (χ2n) is 7.96. The number of rotatable bonds is 5. The van der Waals surface area contributed by atoms with Gasteiger partial charge in [-0.3, -0.25) is 4.79 Å². The summed E-state index contributed by atoms with van der Waals surface area (Å²) < 4.78 is 31.1. The maximum atomic E-state index is 14.3. The van der Waals surface area contributed by atoms with Crippen molar-refractivity contribution in [1.82, 2.24) is 0 Å². The molecule has 0 unspecified atom stereocenters. The van der Waals surface area contributed by atoms with Gasteiger partial charge in [0.2, 0.25) is 0 Å². The van der Waals surface area contributed by atoms with Crippen molar-refractivity contribution in [2.75, 3.05) is 7.11 Å². The third-order valence-electron chi connectivity index (χ3n) is 5.44. The molecule has 4 rings (SSSR count). The van der Waals surface area contributed by atoms with Gasteiger partial charge in [-0.2, -0.15) is 0 Å². The Hall–Kier alpha value is -3.34. The molecule has 160 valence electrons. The van der Waals surface area contributed by atoms with Gasteiger partial charge in [-0.05, 0) is 53.8 Å². The zero-order valence-electron chi connectivity index (χ0n) is 17.9. The molecule has 1 atom stereocenters. The van der Waals surface area contributed by atoms with Gasteiger partial charge in [0.05, 0.1) is 13.0 Å². The molecule has 3 aromatic carbocycles. The fraction of sp³-hybridized carbons (Fsp3) is 0.269. The van der Waals surface area contributed by atoms with Crippen molar-refractivity contribution in [1.29, 1.82) is 0 Å². The minimum atomic E-state index is -0.292. The molecule has 31 heavy (non-hydrogen) atoms. The molecular formula is C26H25FO4. The number of halogens is 1. The number of hydrogen-bond donors (Lipinski definition) is 0. The van der Waals surface area contributed by atoms with Gasteiger partial charge in [0.15, 0.2) is 0 Å². The molecule has 0 aromatic heterocycles. The number of aryl methyl sites for hydroxylation is 1. The quantitative estimate of drug-likeness (QED) is 0.368. The van der Waals surface area contributed by atoms with Crippen molar-refractivity contribution in [2.45, 2.75) is 32.8 Å². The van der Waals surface area contributed by atoms with Crippen LogP contribution in [0.2, 0.25) is 0 Å². The van der Waals surface area contributed by atoms with Crippen LogP contribution in [0.25, 0.3) is 11.1 Å². The second-order valence-corrected chi connectivity index (χ2v) is 7.96. The topological polar surface area (TPSA) is 44.8 Å². The van der Waals surface area contributed by atoms with Crippen LogP contribution in [0.1, 0.15) is 37.5 Å². The van der Waals surface area contributed by atoms with Crippen molar-refractivity contribution in [3.8, 4) is 28.4 Å². The van der Waals surface area contributed by atoms with Crippen LogP contribution in [0, 0.1) is 11.7 Å². The van der Waals surface area contributed by atoms with Crippen molar-refractivity contribution in [2.24, 2.45) is 5.92 Å². The summed E-state index contributed by atoms with van der Waals surface area (Å²) in [4.78, 5) is 11.9. The first kappa shape index (κ1) is 20.9. The first-order chi connectivity index (χ1) is 14.9. The van der Waals surface area contributed by atoms with Crippen LogP contribution in [0.5, 0.6) is 17.2 Å². The molecule has 5 heteroatoms. The van der Waals surface area contributed by atoms with E-state index in [1.165, 1.54) is 6.07 Å². The van der Waals surface area contributed by atoms with Gasteiger partial charge in [0, 0.05) is 11.6 Å². The summed E-state index contributed by atoms with van der Waals surface area (Å²) in [6.07, 6.45) is 1.59. The van der Waals surface area contributed by atoms with Crippen LogP contribution < -0.4 is 14.2 Å². The third-order valence-corrected chi connectivity index (χ3v) is 5.44. The number of methoxy groups -OCH3 is 1. The summed E-state index contributed by atoms with van der Waals surface area (Å²) in [5, 5.41) is 0. The van der Waals surface area contributed by atoms with Crippen LogP contribution in [0.15, 0.2) is 60.7 Å². The Morgan fingerprint density at radius 2 is 1.77 bits per heavy atom. The zero-order valence-corrected chi connectivity index (χ0v) is 17.9. The fourth-order valence-corrected chi connectivity index (χ4v) is 3.61. The van der Waals surface area contributed by atoms with E-state index in [4.69, 9.17) is 14.2 Å². The van der Waals surface area contributed by atoms with E-state index in [0.717, 1.165) is 35.3 Å². The summed E-state index contributed by atoms with van der Waals surface area (Å²) in [6.45, 7) is 3.60. The Labute approximate surface area is 181 Å². The monoisotopic (exact) mass is 420 g/mol. The predicted octanol–water partition coefficient (Wildman–Crippen LogP) is 6.13. The van der Waals surface area contributed by atoms with Gasteiger partial charge in [-0.1, -0.05) is 44.2 Å². The number of carbonyl (C=O) groups is 1. The number of esters is 1. The van der Waals surface area contributed by atoms with E-state index in [-0.39, 0.29) is 23.8 Å². The Morgan fingerprint density at radius 1 is 1.03 bits per heavy atom. The first-order valence-corrected chi connectivity index (χ1v) is 10.4. The summed E-state index contributed by atoms with van der Waals surface area (Å²) in [5.41, 5.74) is 3.38. The molecule has 1 aliphatic rings. The number of ether oxygens (including phenoxy) is 3. The molecule has 0 bridgehead atoms. The van der Waals surface area contributed by atoms with Crippen LogP contribution >= 0.6 is 0 Å². The Kier molecular flexibility index (Phi) is 5.94. The van der Waals surface area contributed by atoms with Crippen LogP contribution in [0.3, 0.4) is 0 Å². The van der Waals surface area contributed by atoms with Gasteiger partial charge < -0.3 is 14.2 Å². The highest BCUT2D eigenvalue weighted by atomic mass is 19.1. The molecule has 0 fully saturated rings. The summed E-state index contributed by atoms with van der Waals surface area (Å²) in [7, 11) is 1.56. The molecule has 0 saturated carbocycles. The lowest BCUT2D eigenvalue weighted by molar-refractivity contribution is -0.137. The van der Waals surface area contributed by atoms with Crippen molar-refractivity contribution < 1.29 is 23.4 Å². The van der Waals surface area contributed by atoms with E-state index in [1.807, 2.05) is 30.3 Å². The highest BCUT2D eigenvalue weighted by molar-refractivity contribution is 5.74. The van der Waals surface area contributed by atoms with Crippen molar-refractivity contribution in [3.63, 3.8) is 0 Å². The minimum absolute atomic E-state index is 0.118. The minimum Gasteiger partial charge on any atom is -0.497 e. The standard InChI is InChI=1S/C26H25FO4/c1-16(2)26(28)30-21-10-8-19-9-13-24(31-25(19)15-21)18-6-4-17(5-7-18)22-14-20(29-3)11-12-23(22)27/h4-8,10-12,14-16,24H,9,13H2,1-3H3/t24-/m1/s1. The predicted molar refractivity (Wildman–Crippen MR) is 117 cm³/mol. The van der Waals surface area contributed by atoms with Gasteiger partial charge >= 0.3 is 5.97 Å². The van der Waals surface area contributed by atoms with E-state index in [1.54, 1.807) is 45.2 Å². The Balaban J connectivity index is 1.52. The first-order valence-electron chi connectivity index (χ1n) is 10.4. The molecule has 0 amide bonds. The van der Waals surface area contributed by atoms with Gasteiger partial charge in [-0.25, -0.2) is 4.39 Å². The summed E-state index contributed by atoms with van der Waals surface area (Å²) in [6, 6.07) is 18.0. The highest BCUT2D eigenvalue weighted by Gasteiger charge is 2.23. The molecular weight excluding hydrogens is 395 g/mol. The molecule has 4 nitrogen and oxygen atoms in total. The second kappa shape index (κ2) is 8.80. The van der Waals surface area contributed by atoms with Crippen LogP contribution in [-0.2, 0) is 11.2 Å². The molecule has 0 spiro atoms. The maximum Gasteiger partial charge on any atom is 0.313 e. The average molecular weight is 420 g/mol. The SMILES string of the molecule is COc1ccc(F)c(-c2ccc([C@H]3CCc4ccc(OC(=O)C(C)C)cc4O3)cc2)c1. The fourth-order valence-electron chi connectivity index (χ4n) is 3.61. The Morgan fingerprint density at radius 3 is 2.48 bits per heavy atom. The lowest BCUT2D eigenvalue weighted by Crippen LogP contribution is -2.17. The zero-order chi connectivity index (χ0) is 22.0. The van der Waals surface area contributed by atoms with Crippen LogP contribution in [0.4, 0.5) is 4.39 Å². The summed E-state index contributed by atoms with van der Waals surface area (Å²) in [5.74, 6) is 1.07. The summed E-state index contributed by atoms with van der Waals surface area (Å²) >= 11 is 0. The number of fused-ring (bicyclic) bond motifs is 1. The molecule has 0 aliphatic carbocycles. The van der Waals surface area contributed by atoms with E-state index in [2.05, 4.69) is 0 Å². The average Bonchev–Trinajstić information content (AvgIpc) is 2.79. The number of hydrogen-bond acceptors (Lipinski definition) is 4. The van der Waals surface area contributed by atoms with E-state index >= 15 is 0 Å². The normalized spacial score (nSPS) is 15.2. The van der Waals surface area contributed by atoms with E-state index in [9.17, 15) is 9.18 Å². The van der Waals surface area contributed by atoms with Crippen LogP contribution in [-0.4, -0.2) is 13.1 Å². The molecule has 0 radical (unpaired) electrons. The van der Waals surface area contributed by atoms with Crippen molar-refractivity contribution >= 4 is 5.97 Å². The lowest BCUT2D eigenvalue weighted by Gasteiger charge is -2.27. The molecule has 1 heterocycles. The molecule has 0 saturated heterocycles. The van der Waals surface area contributed by atoms with E-state index < -0.39 is 0 Å². The lowest BCUT2D eigenvalue weighted by atomic mass is 9.95. The highest BCUT2D eigenvalue weighted by Crippen LogP contribution is 2.38. The Bertz CT molecular complexity index is 1090. The maximum absolute atomic E-state index is 14.3. The van der Waals surface area contributed by atoms with Crippen molar-refractivity contribution in [3.05, 3.63) is 77.6 Å². The molecule has 0 N–H and O–H groups in total. The smallest absolute Gasteiger partial charge is 0.313 e. The molecule has 1 aliphatic heterocycles. The largest absolute Gasteiger partial charge is 0.497 e. The number of benzene rings is 3. The van der Waals surface area contributed by atoms with E-state index in [0.29, 0.717) is 17.1 Å². The van der Waals surface area contributed by atoms with Gasteiger partial charge in [0.1, 0.15) is 29.2 Å². The molecule has 3 aromatic rings. The van der Waals surface area contributed by atoms with Gasteiger partial charge in [-0.15, -0.1) is 0 Å². The third kappa shape index (κ3) is 4.55. The number of carbonyl (C=O) groups excluding carboxylic acids is 1.